The molecule has 0 aliphatic carbocycles. The average molecular weight is 305 g/mol. The van der Waals surface area contributed by atoms with Gasteiger partial charge in [0.05, 0.1) is 6.42 Å². The first-order valence-corrected chi connectivity index (χ1v) is 7.49. The fourth-order valence-corrected chi connectivity index (χ4v) is 2.19. The molecule has 0 saturated heterocycles. The largest absolute Gasteiger partial charge is 0.390 e. The summed E-state index contributed by atoms with van der Waals surface area (Å²) in [7, 11) is -2.49. The number of nitrogens with zero attached hydrogens (tertiary/aromatic N) is 1. The van der Waals surface area contributed by atoms with Crippen LogP contribution in [-0.4, -0.2) is 51.6 Å². The third-order valence-electron chi connectivity index (χ3n) is 2.31. The number of hydrogen-bond donors (Lipinski definition) is 2. The summed E-state index contributed by atoms with van der Waals surface area (Å²) in [4.78, 5) is 0. The molecule has 0 aromatic heterocycles. The van der Waals surface area contributed by atoms with Gasteiger partial charge in [-0.05, 0) is 13.0 Å². The maximum Gasteiger partial charge on any atom is 0.390 e. The molecule has 0 bridgehead atoms. The number of alkyl halides is 3. The Kier molecular flexibility index (Phi) is 7.87. The second-order valence-corrected chi connectivity index (χ2v) is 6.41. The molecular weight excluding hydrogens is 283 g/mol. The number of rotatable bonds is 9. The Hall–Kier alpha value is -0.380. The zero-order chi connectivity index (χ0) is 15.1. The molecule has 9 heteroatoms. The van der Waals surface area contributed by atoms with Crippen molar-refractivity contribution in [1.29, 1.82) is 0 Å². The summed E-state index contributed by atoms with van der Waals surface area (Å²) in [6.45, 7) is 4.21. The highest BCUT2D eigenvalue weighted by Crippen LogP contribution is 2.18. The summed E-state index contributed by atoms with van der Waals surface area (Å²) in [5, 5.41) is 3.12. The third kappa shape index (κ3) is 10.1. The molecule has 116 valence electrons. The molecule has 0 saturated carbocycles. The van der Waals surface area contributed by atoms with Crippen LogP contribution in [0.4, 0.5) is 13.2 Å². The molecule has 0 aliphatic rings. The molecule has 0 aromatic rings. The quantitative estimate of drug-likeness (QED) is 0.627. The van der Waals surface area contributed by atoms with Crippen LogP contribution < -0.4 is 10.0 Å². The van der Waals surface area contributed by atoms with E-state index in [2.05, 4.69) is 5.32 Å². The highest BCUT2D eigenvalue weighted by Gasteiger charge is 2.27. The standard InChI is InChI=1S/C10H22F3N3O2S/c1-9(2)14-6-4-8-16(3)19(17,18)15-7-5-10(11,12)13/h9,14-15H,4-8H2,1-3H3. The summed E-state index contributed by atoms with van der Waals surface area (Å²) in [5.41, 5.74) is 0. The Morgan fingerprint density at radius 1 is 1.21 bits per heavy atom. The van der Waals surface area contributed by atoms with Crippen LogP contribution in [0.3, 0.4) is 0 Å². The van der Waals surface area contributed by atoms with Crippen LogP contribution >= 0.6 is 0 Å². The lowest BCUT2D eigenvalue weighted by atomic mass is 10.3. The van der Waals surface area contributed by atoms with E-state index in [1.54, 1.807) is 0 Å². The average Bonchev–Trinajstić information content (AvgIpc) is 2.21. The van der Waals surface area contributed by atoms with Gasteiger partial charge in [-0.1, -0.05) is 13.8 Å². The van der Waals surface area contributed by atoms with Gasteiger partial charge >= 0.3 is 6.18 Å². The molecule has 0 atom stereocenters. The molecular formula is C10H22F3N3O2S. The fourth-order valence-electron chi connectivity index (χ4n) is 1.24. The number of hydrogen-bond acceptors (Lipinski definition) is 3. The summed E-state index contributed by atoms with van der Waals surface area (Å²) < 4.78 is 61.8. The molecule has 0 aliphatic heterocycles. The molecule has 0 heterocycles. The second-order valence-electron chi connectivity index (χ2n) is 4.55. The predicted octanol–water partition coefficient (Wildman–Crippen LogP) is 1.09. The Morgan fingerprint density at radius 2 is 1.79 bits per heavy atom. The minimum atomic E-state index is -4.36. The van der Waals surface area contributed by atoms with E-state index >= 15 is 0 Å². The lowest BCUT2D eigenvalue weighted by Crippen LogP contribution is -2.40. The van der Waals surface area contributed by atoms with Gasteiger partial charge in [-0.15, -0.1) is 0 Å². The van der Waals surface area contributed by atoms with E-state index in [1.807, 2.05) is 18.6 Å². The van der Waals surface area contributed by atoms with Crippen molar-refractivity contribution >= 4 is 10.2 Å². The molecule has 19 heavy (non-hydrogen) atoms. The summed E-state index contributed by atoms with van der Waals surface area (Å²) in [5.74, 6) is 0. The zero-order valence-electron chi connectivity index (χ0n) is 11.4. The van der Waals surface area contributed by atoms with Crippen molar-refractivity contribution in [3.8, 4) is 0 Å². The van der Waals surface area contributed by atoms with E-state index < -0.39 is 29.4 Å². The highest BCUT2D eigenvalue weighted by molar-refractivity contribution is 7.87. The van der Waals surface area contributed by atoms with Gasteiger partial charge in [0, 0.05) is 26.2 Å². The maximum absolute atomic E-state index is 11.9. The SMILES string of the molecule is CC(C)NCCCN(C)S(=O)(=O)NCCC(F)(F)F. The molecule has 0 fully saturated rings. The van der Waals surface area contributed by atoms with E-state index in [4.69, 9.17) is 0 Å². The monoisotopic (exact) mass is 305 g/mol. The summed E-state index contributed by atoms with van der Waals surface area (Å²) >= 11 is 0. The van der Waals surface area contributed by atoms with Crippen molar-refractivity contribution in [1.82, 2.24) is 14.3 Å². The summed E-state index contributed by atoms with van der Waals surface area (Å²) in [6, 6.07) is 0.312. The first kappa shape index (κ1) is 18.6. The van der Waals surface area contributed by atoms with Crippen LogP contribution in [0.25, 0.3) is 0 Å². The summed E-state index contributed by atoms with van der Waals surface area (Å²) in [6.07, 6.45) is -4.94. The first-order chi connectivity index (χ1) is 8.54. The Balaban J connectivity index is 3.97. The number of nitrogens with one attached hydrogen (secondary N) is 2. The van der Waals surface area contributed by atoms with E-state index in [-0.39, 0.29) is 6.54 Å². The lowest BCUT2D eigenvalue weighted by Gasteiger charge is -2.18. The van der Waals surface area contributed by atoms with Gasteiger partial charge in [-0.2, -0.15) is 25.9 Å². The van der Waals surface area contributed by atoms with Gasteiger partial charge in [0.1, 0.15) is 0 Å². The molecule has 5 nitrogen and oxygen atoms in total. The minimum Gasteiger partial charge on any atom is -0.314 e. The highest BCUT2D eigenvalue weighted by atomic mass is 32.2. The smallest absolute Gasteiger partial charge is 0.314 e. The van der Waals surface area contributed by atoms with Crippen LogP contribution in [-0.2, 0) is 10.2 Å². The molecule has 0 radical (unpaired) electrons. The van der Waals surface area contributed by atoms with Crippen molar-refractivity contribution in [3.05, 3.63) is 0 Å². The van der Waals surface area contributed by atoms with Gasteiger partial charge < -0.3 is 5.32 Å². The molecule has 0 aromatic carbocycles. The van der Waals surface area contributed by atoms with Crippen molar-refractivity contribution in [3.63, 3.8) is 0 Å². The van der Waals surface area contributed by atoms with Crippen molar-refractivity contribution in [2.45, 2.75) is 38.9 Å². The van der Waals surface area contributed by atoms with Crippen LogP contribution in [0.2, 0.25) is 0 Å². The van der Waals surface area contributed by atoms with E-state index in [1.165, 1.54) is 7.05 Å². The van der Waals surface area contributed by atoms with Gasteiger partial charge in [-0.3, -0.25) is 0 Å². The molecule has 0 amide bonds. The van der Waals surface area contributed by atoms with Gasteiger partial charge in [0.15, 0.2) is 0 Å². The maximum atomic E-state index is 11.9. The van der Waals surface area contributed by atoms with E-state index in [0.29, 0.717) is 19.0 Å². The lowest BCUT2D eigenvalue weighted by molar-refractivity contribution is -0.132. The Morgan fingerprint density at radius 3 is 2.26 bits per heavy atom. The predicted molar refractivity (Wildman–Crippen MR) is 68.0 cm³/mol. The number of halogens is 3. The fraction of sp³-hybridized carbons (Fsp3) is 1.00. The van der Waals surface area contributed by atoms with Crippen LogP contribution in [0.5, 0.6) is 0 Å². The molecule has 0 unspecified atom stereocenters. The van der Waals surface area contributed by atoms with Crippen LogP contribution in [0, 0.1) is 0 Å². The van der Waals surface area contributed by atoms with Gasteiger partial charge in [0.25, 0.3) is 10.2 Å². The van der Waals surface area contributed by atoms with Crippen LogP contribution in [0.1, 0.15) is 26.7 Å². The molecule has 0 rings (SSSR count). The minimum absolute atomic E-state index is 0.251. The van der Waals surface area contributed by atoms with Gasteiger partial charge in [0.2, 0.25) is 0 Å². The normalized spacial score (nSPS) is 13.5. The Labute approximate surface area is 112 Å². The Bertz CT molecular complexity index is 344. The third-order valence-corrected chi connectivity index (χ3v) is 3.88. The zero-order valence-corrected chi connectivity index (χ0v) is 12.2. The van der Waals surface area contributed by atoms with E-state index in [0.717, 1.165) is 4.31 Å². The topological polar surface area (TPSA) is 61.4 Å². The van der Waals surface area contributed by atoms with Crippen molar-refractivity contribution in [2.75, 3.05) is 26.7 Å². The van der Waals surface area contributed by atoms with Crippen molar-refractivity contribution in [2.24, 2.45) is 0 Å². The second kappa shape index (κ2) is 8.03. The molecule has 2 N–H and O–H groups in total. The first-order valence-electron chi connectivity index (χ1n) is 6.05. The molecule has 0 spiro atoms. The van der Waals surface area contributed by atoms with Crippen LogP contribution in [0.15, 0.2) is 0 Å². The van der Waals surface area contributed by atoms with Gasteiger partial charge in [-0.25, -0.2) is 4.72 Å². The van der Waals surface area contributed by atoms with Crippen molar-refractivity contribution < 1.29 is 21.6 Å². The van der Waals surface area contributed by atoms with E-state index in [9.17, 15) is 21.6 Å².